The minimum atomic E-state index is -0.773. The Balaban J connectivity index is 3.43. The van der Waals surface area contributed by atoms with E-state index in [1.165, 1.54) is 238 Å². The Labute approximate surface area is 461 Å². The zero-order valence-electron chi connectivity index (χ0n) is 49.4. The maximum Gasteiger partial charge on any atom is 0.306 e. The molecular weight excluding hydrogens is 909 g/mol. The zero-order valence-corrected chi connectivity index (χ0v) is 49.4. The lowest BCUT2D eigenvalue weighted by Crippen LogP contribution is -2.28. The molecule has 430 valence electrons. The van der Waals surface area contributed by atoms with Crippen molar-refractivity contribution in [2.75, 3.05) is 13.2 Å². The molecule has 0 fully saturated rings. The van der Waals surface area contributed by atoms with E-state index in [2.05, 4.69) is 86.8 Å². The predicted molar refractivity (Wildman–Crippen MR) is 325 cm³/mol. The average molecular weight is 1030 g/mol. The van der Waals surface area contributed by atoms with Crippen molar-refractivity contribution >= 4 is 11.9 Å². The van der Waals surface area contributed by atoms with Crippen LogP contribution < -0.4 is 0 Å². The van der Waals surface area contributed by atoms with E-state index in [9.17, 15) is 14.7 Å². The highest BCUT2D eigenvalue weighted by Crippen LogP contribution is 2.18. The molecule has 0 saturated heterocycles. The third-order valence-corrected chi connectivity index (χ3v) is 14.5. The Hall–Kier alpha value is -2.66. The quantitative estimate of drug-likeness (QED) is 0.0373. The van der Waals surface area contributed by atoms with E-state index in [0.717, 1.165) is 70.6 Å². The Morgan fingerprint density at radius 3 is 0.878 bits per heavy atom. The van der Waals surface area contributed by atoms with Gasteiger partial charge in [-0.05, 0) is 83.5 Å². The summed E-state index contributed by atoms with van der Waals surface area (Å²) >= 11 is 0. The molecule has 5 nitrogen and oxygen atoms in total. The molecule has 0 bridgehead atoms. The van der Waals surface area contributed by atoms with E-state index < -0.39 is 6.10 Å². The van der Waals surface area contributed by atoms with E-state index in [4.69, 9.17) is 9.47 Å². The van der Waals surface area contributed by atoms with Crippen LogP contribution in [0.3, 0.4) is 0 Å². The van der Waals surface area contributed by atoms with Gasteiger partial charge in [0.25, 0.3) is 0 Å². The van der Waals surface area contributed by atoms with E-state index in [-0.39, 0.29) is 25.2 Å². The van der Waals surface area contributed by atoms with Gasteiger partial charge in [-0.2, -0.15) is 0 Å². The Kier molecular flexibility index (Phi) is 62.3. The maximum absolute atomic E-state index is 12.3. The van der Waals surface area contributed by atoms with Crippen molar-refractivity contribution in [1.29, 1.82) is 0 Å². The molecule has 0 amide bonds. The lowest BCUT2D eigenvalue weighted by Gasteiger charge is -2.15. The molecular formula is C69H124O5. The first-order chi connectivity index (χ1) is 36.6. The van der Waals surface area contributed by atoms with Crippen LogP contribution in [-0.2, 0) is 19.1 Å². The van der Waals surface area contributed by atoms with Crippen LogP contribution in [0.15, 0.2) is 72.9 Å². The molecule has 1 N–H and O–H groups in total. The summed E-state index contributed by atoms with van der Waals surface area (Å²) in [4.78, 5) is 24.6. The van der Waals surface area contributed by atoms with Crippen molar-refractivity contribution in [2.24, 2.45) is 0 Å². The molecule has 0 saturated carbocycles. The molecule has 0 aromatic carbocycles. The molecule has 1 atom stereocenters. The first-order valence-electron chi connectivity index (χ1n) is 32.5. The highest BCUT2D eigenvalue weighted by Gasteiger charge is 2.16. The third kappa shape index (κ3) is 61.9. The molecule has 0 radical (unpaired) electrons. The van der Waals surface area contributed by atoms with E-state index in [1.807, 2.05) is 0 Å². The minimum Gasteiger partial charge on any atom is -0.462 e. The fraction of sp³-hybridized carbons (Fsp3) is 0.797. The Bertz CT molecular complexity index is 1310. The Morgan fingerprint density at radius 1 is 0.324 bits per heavy atom. The number of hydrogen-bond acceptors (Lipinski definition) is 5. The van der Waals surface area contributed by atoms with Gasteiger partial charge in [-0.3, -0.25) is 9.59 Å². The summed E-state index contributed by atoms with van der Waals surface area (Å²) in [6, 6.07) is 0. The molecule has 0 aliphatic carbocycles. The number of hydrogen-bond donors (Lipinski definition) is 1. The molecule has 0 aliphatic rings. The second kappa shape index (κ2) is 64.6. The van der Waals surface area contributed by atoms with Crippen LogP contribution in [0, 0.1) is 0 Å². The second-order valence-electron chi connectivity index (χ2n) is 21.8. The molecule has 0 heterocycles. The lowest BCUT2D eigenvalue weighted by molar-refractivity contribution is -0.161. The number of allylic oxidation sites excluding steroid dienone is 12. The fourth-order valence-corrected chi connectivity index (χ4v) is 9.64. The molecule has 0 aromatic rings. The second-order valence-corrected chi connectivity index (χ2v) is 21.8. The van der Waals surface area contributed by atoms with Gasteiger partial charge < -0.3 is 14.6 Å². The molecule has 0 rings (SSSR count). The summed E-state index contributed by atoms with van der Waals surface area (Å²) in [5.74, 6) is -0.574. The first kappa shape index (κ1) is 71.3. The summed E-state index contributed by atoms with van der Waals surface area (Å²) in [6.07, 6.45) is 89.1. The smallest absolute Gasteiger partial charge is 0.306 e. The van der Waals surface area contributed by atoms with Gasteiger partial charge in [-0.15, -0.1) is 0 Å². The summed E-state index contributed by atoms with van der Waals surface area (Å²) in [5.41, 5.74) is 0. The van der Waals surface area contributed by atoms with Crippen molar-refractivity contribution in [3.05, 3.63) is 72.9 Å². The largest absolute Gasteiger partial charge is 0.462 e. The van der Waals surface area contributed by atoms with Gasteiger partial charge in [0.2, 0.25) is 0 Å². The van der Waals surface area contributed by atoms with Crippen molar-refractivity contribution in [2.45, 2.75) is 341 Å². The van der Waals surface area contributed by atoms with E-state index in [0.29, 0.717) is 12.8 Å². The number of unbranched alkanes of at least 4 members (excludes halogenated alkanes) is 40. The SMILES string of the molecule is CC/C=C\C/C=C\C/C=C\C/C=C\CCCCCCCCCCCCCCCCCCCCC(=O)OC(CO)COC(=O)CCCCCCCCCCCCCCCCCCC/C=C\C/C=C\CCCCCCC. The summed E-state index contributed by atoms with van der Waals surface area (Å²) in [5, 5.41) is 9.69. The monoisotopic (exact) mass is 1030 g/mol. The standard InChI is InChI=1S/C69H124O5/c1-3-5-7-9-11-13-15-17-19-21-23-25-27-29-31-33-34-36-38-40-42-44-46-48-50-52-54-56-58-60-62-64-69(72)74-67(65-70)66-73-68(71)63-61-59-57-55-53-51-49-47-45-43-41-39-37-35-32-30-28-26-24-22-20-18-16-14-12-10-8-6-4-2/h5,7,11,13,16-19,22-25,67,70H,3-4,6,8-10,12,14-15,20-21,26-66H2,1-2H3/b7-5-,13-11-,18-16-,19-17-,24-22-,25-23-. The first-order valence-corrected chi connectivity index (χ1v) is 32.5. The molecule has 74 heavy (non-hydrogen) atoms. The van der Waals surface area contributed by atoms with Crippen LogP contribution in [0.1, 0.15) is 335 Å². The van der Waals surface area contributed by atoms with Crippen LogP contribution in [0.2, 0.25) is 0 Å². The zero-order chi connectivity index (χ0) is 53.4. The lowest BCUT2D eigenvalue weighted by atomic mass is 10.0. The number of ether oxygens (including phenoxy) is 2. The van der Waals surface area contributed by atoms with Gasteiger partial charge in [-0.1, -0.05) is 311 Å². The summed E-state index contributed by atoms with van der Waals surface area (Å²) in [7, 11) is 0. The molecule has 1 unspecified atom stereocenters. The van der Waals surface area contributed by atoms with E-state index >= 15 is 0 Å². The predicted octanol–water partition coefficient (Wildman–Crippen LogP) is 22.3. The fourth-order valence-electron chi connectivity index (χ4n) is 9.64. The van der Waals surface area contributed by atoms with Gasteiger partial charge in [0.1, 0.15) is 6.61 Å². The molecule has 0 aliphatic heterocycles. The Morgan fingerprint density at radius 2 is 0.581 bits per heavy atom. The number of carbonyl (C=O) groups excluding carboxylic acids is 2. The van der Waals surface area contributed by atoms with Crippen molar-refractivity contribution in [3.63, 3.8) is 0 Å². The highest BCUT2D eigenvalue weighted by atomic mass is 16.6. The van der Waals surface area contributed by atoms with Gasteiger partial charge >= 0.3 is 11.9 Å². The van der Waals surface area contributed by atoms with Crippen LogP contribution in [0.5, 0.6) is 0 Å². The molecule has 0 spiro atoms. The topological polar surface area (TPSA) is 72.8 Å². The van der Waals surface area contributed by atoms with Crippen LogP contribution in [-0.4, -0.2) is 36.4 Å². The van der Waals surface area contributed by atoms with Gasteiger partial charge in [0.15, 0.2) is 6.10 Å². The van der Waals surface area contributed by atoms with Gasteiger partial charge in [-0.25, -0.2) is 0 Å². The van der Waals surface area contributed by atoms with Crippen molar-refractivity contribution < 1.29 is 24.2 Å². The summed E-state index contributed by atoms with van der Waals surface area (Å²) in [6.45, 7) is 4.06. The number of esters is 2. The van der Waals surface area contributed by atoms with Gasteiger partial charge in [0, 0.05) is 12.8 Å². The normalized spacial score (nSPS) is 12.6. The van der Waals surface area contributed by atoms with Crippen LogP contribution in [0.25, 0.3) is 0 Å². The minimum absolute atomic E-state index is 0.0631. The number of carbonyl (C=O) groups is 2. The van der Waals surface area contributed by atoms with Crippen molar-refractivity contribution in [3.8, 4) is 0 Å². The average Bonchev–Trinajstić information content (AvgIpc) is 3.40. The van der Waals surface area contributed by atoms with Crippen molar-refractivity contribution in [1.82, 2.24) is 0 Å². The summed E-state index contributed by atoms with van der Waals surface area (Å²) < 4.78 is 10.8. The van der Waals surface area contributed by atoms with Crippen LogP contribution in [0.4, 0.5) is 0 Å². The third-order valence-electron chi connectivity index (χ3n) is 14.5. The van der Waals surface area contributed by atoms with Crippen LogP contribution >= 0.6 is 0 Å². The number of aliphatic hydroxyl groups excluding tert-OH is 1. The number of aliphatic hydroxyl groups is 1. The van der Waals surface area contributed by atoms with Gasteiger partial charge in [0.05, 0.1) is 6.61 Å². The van der Waals surface area contributed by atoms with E-state index in [1.54, 1.807) is 0 Å². The molecule has 5 heteroatoms. The maximum atomic E-state index is 12.3. The number of rotatable bonds is 60. The molecule has 0 aromatic heterocycles. The highest BCUT2D eigenvalue weighted by molar-refractivity contribution is 5.70.